The minimum absolute atomic E-state index is 0.00957. The van der Waals surface area contributed by atoms with Gasteiger partial charge in [0.15, 0.2) is 17.5 Å². The highest BCUT2D eigenvalue weighted by molar-refractivity contribution is 7.92. The average molecular weight is 581 g/mol. The summed E-state index contributed by atoms with van der Waals surface area (Å²) in [4.78, 5) is 14.7. The molecule has 2 aromatic carbocycles. The second-order valence-corrected chi connectivity index (χ2v) is 11.2. The molecular formula is C27H23F3N8O2S. The number of anilines is 4. The van der Waals surface area contributed by atoms with Gasteiger partial charge in [-0.05, 0) is 56.2 Å². The van der Waals surface area contributed by atoms with E-state index in [-0.39, 0.29) is 21.8 Å². The first-order valence-corrected chi connectivity index (χ1v) is 14.1. The fourth-order valence-corrected chi connectivity index (χ4v) is 6.03. The van der Waals surface area contributed by atoms with Gasteiger partial charge < -0.3 is 10.2 Å². The van der Waals surface area contributed by atoms with E-state index in [4.69, 9.17) is 0 Å². The summed E-state index contributed by atoms with van der Waals surface area (Å²) in [7, 11) is -2.41. The summed E-state index contributed by atoms with van der Waals surface area (Å²) in [6.07, 6.45) is 4.91. The molecule has 210 valence electrons. The van der Waals surface area contributed by atoms with Crippen LogP contribution in [-0.4, -0.2) is 46.7 Å². The van der Waals surface area contributed by atoms with E-state index in [2.05, 4.69) is 35.0 Å². The third-order valence-electron chi connectivity index (χ3n) is 6.88. The molecule has 0 spiro atoms. The first-order chi connectivity index (χ1) is 19.6. The van der Waals surface area contributed by atoms with Crippen molar-refractivity contribution in [3.05, 3.63) is 83.7 Å². The monoisotopic (exact) mass is 580 g/mol. The van der Waals surface area contributed by atoms with Crippen LogP contribution in [0.15, 0.2) is 59.9 Å². The summed E-state index contributed by atoms with van der Waals surface area (Å²) in [5.41, 5.74) is 1.21. The molecule has 0 saturated heterocycles. The maximum atomic E-state index is 15.6. The molecule has 6 rings (SSSR count). The van der Waals surface area contributed by atoms with Gasteiger partial charge in [0.2, 0.25) is 0 Å². The number of sulfonamides is 1. The molecule has 1 aliphatic heterocycles. The van der Waals surface area contributed by atoms with Crippen molar-refractivity contribution < 1.29 is 21.6 Å². The van der Waals surface area contributed by atoms with E-state index in [1.807, 2.05) is 13.2 Å². The Morgan fingerprint density at radius 1 is 1.00 bits per heavy atom. The predicted octanol–water partition coefficient (Wildman–Crippen LogP) is 4.86. The molecule has 10 nitrogen and oxygen atoms in total. The number of aryl methyl sites for hydroxylation is 1. The number of rotatable bonds is 6. The molecule has 0 atom stereocenters. The highest BCUT2D eigenvalue weighted by Gasteiger charge is 2.24. The van der Waals surface area contributed by atoms with E-state index < -0.39 is 38.8 Å². The number of halogens is 3. The molecule has 2 N–H and O–H groups in total. The van der Waals surface area contributed by atoms with E-state index in [1.165, 1.54) is 25.4 Å². The van der Waals surface area contributed by atoms with Gasteiger partial charge in [-0.15, -0.1) is 0 Å². The van der Waals surface area contributed by atoms with Gasteiger partial charge in [-0.1, -0.05) is 6.07 Å². The minimum Gasteiger partial charge on any atom is -0.372 e. The maximum absolute atomic E-state index is 15.6. The molecule has 41 heavy (non-hydrogen) atoms. The smallest absolute Gasteiger partial charge is 0.262 e. The largest absolute Gasteiger partial charge is 0.372 e. The van der Waals surface area contributed by atoms with Crippen LogP contribution in [0.25, 0.3) is 16.9 Å². The van der Waals surface area contributed by atoms with Crippen LogP contribution in [0.5, 0.6) is 0 Å². The summed E-state index contributed by atoms with van der Waals surface area (Å²) in [5, 5.41) is 7.25. The highest BCUT2D eigenvalue weighted by Crippen LogP contribution is 2.32. The molecule has 0 radical (unpaired) electrons. The molecule has 0 fully saturated rings. The van der Waals surface area contributed by atoms with Crippen LogP contribution in [0.4, 0.5) is 36.1 Å². The van der Waals surface area contributed by atoms with E-state index in [1.54, 1.807) is 16.8 Å². The molecule has 14 heteroatoms. The van der Waals surface area contributed by atoms with Crippen molar-refractivity contribution in [1.82, 2.24) is 24.7 Å². The lowest BCUT2D eigenvalue weighted by Gasteiger charge is -2.22. The van der Waals surface area contributed by atoms with Crippen molar-refractivity contribution in [3.8, 4) is 5.82 Å². The van der Waals surface area contributed by atoms with E-state index >= 15 is 4.39 Å². The quantitative estimate of drug-likeness (QED) is 0.292. The van der Waals surface area contributed by atoms with E-state index in [9.17, 15) is 17.2 Å². The second-order valence-electron chi connectivity index (χ2n) is 9.57. The Bertz CT molecular complexity index is 1930. The average Bonchev–Trinajstić information content (AvgIpc) is 3.40. The van der Waals surface area contributed by atoms with Gasteiger partial charge in [-0.2, -0.15) is 5.10 Å². The first-order valence-electron chi connectivity index (χ1n) is 12.6. The number of benzene rings is 2. The zero-order valence-electron chi connectivity index (χ0n) is 21.9. The number of nitrogens with zero attached hydrogens (tertiary/aromatic N) is 6. The molecule has 0 aliphatic carbocycles. The molecule has 4 heterocycles. The molecule has 5 aromatic rings. The Hall–Kier alpha value is -4.72. The highest BCUT2D eigenvalue weighted by atomic mass is 32.2. The van der Waals surface area contributed by atoms with Crippen molar-refractivity contribution in [2.75, 3.05) is 28.5 Å². The minimum atomic E-state index is -4.40. The molecule has 3 aromatic heterocycles. The van der Waals surface area contributed by atoms with E-state index in [0.29, 0.717) is 11.3 Å². The Morgan fingerprint density at radius 2 is 1.83 bits per heavy atom. The number of pyridine rings is 1. The Balaban J connectivity index is 1.36. The molecule has 0 amide bonds. The van der Waals surface area contributed by atoms with Gasteiger partial charge in [0, 0.05) is 19.2 Å². The molecule has 0 unspecified atom stereocenters. The number of nitrogens with one attached hydrogen (secondary N) is 2. The van der Waals surface area contributed by atoms with Crippen LogP contribution in [0.2, 0.25) is 0 Å². The standard InChI is InChI=1S/C27H23F3N8O2S/c1-15-16(28)5-3-7-22(15)41(39,40)36-19-9-8-17(29)25(24(19)30)34-27-26-20(31-14-32-27)10-11-23(33-26)38-13-21-18(35-38)6-4-12-37(21)2/h3,5,7-11,13-14,36H,4,6,12H2,1-2H3,(H,31,32,34). The normalized spacial score (nSPS) is 13.3. The van der Waals surface area contributed by atoms with Gasteiger partial charge in [0.25, 0.3) is 10.0 Å². The van der Waals surface area contributed by atoms with Crippen molar-refractivity contribution >= 4 is 43.9 Å². The fourth-order valence-electron chi connectivity index (χ4n) is 4.71. The van der Waals surface area contributed by atoms with Crippen molar-refractivity contribution in [2.45, 2.75) is 24.7 Å². The predicted molar refractivity (Wildman–Crippen MR) is 148 cm³/mol. The van der Waals surface area contributed by atoms with Gasteiger partial charge >= 0.3 is 0 Å². The van der Waals surface area contributed by atoms with Crippen LogP contribution in [0, 0.1) is 24.4 Å². The SMILES string of the molecule is Cc1c(F)cccc1S(=O)(=O)Nc1ccc(F)c(Nc2ncnc3ccc(-n4cc5c(n4)CCCN5C)nc23)c1F. The fraction of sp³-hybridized carbons (Fsp3) is 0.185. The van der Waals surface area contributed by atoms with Crippen LogP contribution in [0.3, 0.4) is 0 Å². The Kier molecular flexibility index (Phi) is 6.49. The lowest BCUT2D eigenvalue weighted by atomic mass is 10.1. The molecule has 1 aliphatic rings. The molecule has 0 bridgehead atoms. The summed E-state index contributed by atoms with van der Waals surface area (Å²) < 4.78 is 74.0. The number of fused-ring (bicyclic) bond motifs is 2. The molecular weight excluding hydrogens is 557 g/mol. The van der Waals surface area contributed by atoms with Crippen LogP contribution in [0.1, 0.15) is 17.7 Å². The molecule has 0 saturated carbocycles. The Labute approximate surface area is 232 Å². The number of hydrogen-bond donors (Lipinski definition) is 2. The van der Waals surface area contributed by atoms with Gasteiger partial charge in [0.1, 0.15) is 29.2 Å². The van der Waals surface area contributed by atoms with Crippen LogP contribution < -0.4 is 14.9 Å². The van der Waals surface area contributed by atoms with Gasteiger partial charge in [0.05, 0.1) is 33.7 Å². The number of aromatic nitrogens is 5. The zero-order chi connectivity index (χ0) is 28.9. The summed E-state index contributed by atoms with van der Waals surface area (Å²) in [6.45, 7) is 2.20. The summed E-state index contributed by atoms with van der Waals surface area (Å²) in [6, 6.07) is 8.77. The third kappa shape index (κ3) is 4.79. The van der Waals surface area contributed by atoms with Gasteiger partial charge in [-0.25, -0.2) is 41.2 Å². The Morgan fingerprint density at radius 3 is 2.63 bits per heavy atom. The lowest BCUT2D eigenvalue weighted by Crippen LogP contribution is -2.23. The number of hydrogen-bond acceptors (Lipinski definition) is 8. The first kappa shape index (κ1) is 26.5. The van der Waals surface area contributed by atoms with Crippen LogP contribution >= 0.6 is 0 Å². The van der Waals surface area contributed by atoms with E-state index in [0.717, 1.165) is 49.0 Å². The topological polar surface area (TPSA) is 118 Å². The van der Waals surface area contributed by atoms with Crippen LogP contribution in [-0.2, 0) is 16.4 Å². The summed E-state index contributed by atoms with van der Waals surface area (Å²) in [5.74, 6) is -2.53. The van der Waals surface area contributed by atoms with Crippen molar-refractivity contribution in [3.63, 3.8) is 0 Å². The van der Waals surface area contributed by atoms with Crippen molar-refractivity contribution in [1.29, 1.82) is 0 Å². The maximum Gasteiger partial charge on any atom is 0.262 e. The second kappa shape index (κ2) is 10.0. The lowest BCUT2D eigenvalue weighted by molar-refractivity contribution is 0.585. The zero-order valence-corrected chi connectivity index (χ0v) is 22.7. The van der Waals surface area contributed by atoms with Crippen molar-refractivity contribution in [2.24, 2.45) is 0 Å². The van der Waals surface area contributed by atoms with Gasteiger partial charge in [-0.3, -0.25) is 4.72 Å². The third-order valence-corrected chi connectivity index (χ3v) is 8.39. The summed E-state index contributed by atoms with van der Waals surface area (Å²) >= 11 is 0.